The number of fused-ring (bicyclic) bond motifs is 1. The van der Waals surface area contributed by atoms with E-state index in [1.807, 2.05) is 6.92 Å². The molecule has 11 heteroatoms. The number of carbonyl (C=O) groups excluding carboxylic acids is 1. The number of benzene rings is 1. The van der Waals surface area contributed by atoms with Crippen LogP contribution in [-0.4, -0.2) is 40.4 Å². The second kappa shape index (κ2) is 7.10. The minimum absolute atomic E-state index is 0.190. The van der Waals surface area contributed by atoms with E-state index < -0.39 is 37.9 Å². The summed E-state index contributed by atoms with van der Waals surface area (Å²) in [6.07, 6.45) is 1.84. The molecule has 0 aliphatic carbocycles. The molecule has 142 valence electrons. The van der Waals surface area contributed by atoms with Gasteiger partial charge in [0.2, 0.25) is 20.8 Å². The van der Waals surface area contributed by atoms with Crippen LogP contribution in [0.2, 0.25) is 5.02 Å². The molecule has 2 aromatic heterocycles. The number of aryl methyl sites for hydroxylation is 1. The van der Waals surface area contributed by atoms with Crippen LogP contribution >= 0.6 is 11.6 Å². The Labute approximate surface area is 164 Å². The molecule has 0 aliphatic heterocycles. The Hall–Kier alpha value is -3.16. The lowest BCUT2D eigenvalue weighted by Crippen LogP contribution is -2.21. The number of hydrogen-bond acceptors (Lipinski definition) is 8. The van der Waals surface area contributed by atoms with Crippen molar-refractivity contribution in [3.8, 4) is 6.07 Å². The summed E-state index contributed by atoms with van der Waals surface area (Å²) in [7, 11) is -3.80. The monoisotopic (exact) mass is 417 g/mol. The highest BCUT2D eigenvalue weighted by molar-refractivity contribution is 7.90. The van der Waals surface area contributed by atoms with Crippen LogP contribution in [0.4, 0.5) is 0 Å². The van der Waals surface area contributed by atoms with Gasteiger partial charge in [0.25, 0.3) is 5.56 Å². The summed E-state index contributed by atoms with van der Waals surface area (Å²) in [6.45, 7) is 1.81. The zero-order valence-corrected chi connectivity index (χ0v) is 16.2. The maximum absolute atomic E-state index is 12.8. The van der Waals surface area contributed by atoms with Crippen molar-refractivity contribution in [1.82, 2.24) is 19.9 Å². The van der Waals surface area contributed by atoms with Crippen molar-refractivity contribution in [3.63, 3.8) is 0 Å². The first-order chi connectivity index (χ1) is 13.1. The number of nitrogens with one attached hydrogen (secondary N) is 1. The number of sulfone groups is 1. The second-order valence-corrected chi connectivity index (χ2v) is 8.34. The van der Waals surface area contributed by atoms with Gasteiger partial charge in [-0.15, -0.1) is 0 Å². The van der Waals surface area contributed by atoms with Crippen LogP contribution in [0, 0.1) is 18.3 Å². The normalized spacial score (nSPS) is 12.5. The highest BCUT2D eigenvalue weighted by Crippen LogP contribution is 2.23. The standard InChI is InChI=1S/C17H12ClN5O4S/c1-8-3-4-12-9(5-8)16(25)23-15(21-12)10(6-19)14(24)13-11(18)7-20-17(22-13)28(2,26)27/h3-5,7,10H,1-2H3,(H,21,23,25)/t10-/m1/s1. The van der Waals surface area contributed by atoms with Crippen molar-refractivity contribution in [3.05, 3.63) is 56.9 Å². The van der Waals surface area contributed by atoms with Crippen molar-refractivity contribution in [2.45, 2.75) is 18.0 Å². The average molecular weight is 418 g/mol. The molecule has 0 saturated carbocycles. The third-order valence-electron chi connectivity index (χ3n) is 3.83. The fraction of sp³-hybridized carbons (Fsp3) is 0.176. The molecule has 3 aromatic rings. The molecule has 0 aliphatic rings. The quantitative estimate of drug-likeness (QED) is 0.497. The van der Waals surface area contributed by atoms with Gasteiger partial charge in [-0.1, -0.05) is 23.2 Å². The molecule has 0 saturated heterocycles. The van der Waals surface area contributed by atoms with Gasteiger partial charge in [-0.2, -0.15) is 5.26 Å². The van der Waals surface area contributed by atoms with Gasteiger partial charge in [0.1, 0.15) is 11.5 Å². The topological polar surface area (TPSA) is 147 Å². The Bertz CT molecular complexity index is 1330. The molecule has 0 unspecified atom stereocenters. The van der Waals surface area contributed by atoms with Gasteiger partial charge in [0.15, 0.2) is 5.92 Å². The van der Waals surface area contributed by atoms with Crippen LogP contribution in [0.15, 0.2) is 34.3 Å². The van der Waals surface area contributed by atoms with E-state index in [2.05, 4.69) is 19.9 Å². The molecule has 1 atom stereocenters. The van der Waals surface area contributed by atoms with Gasteiger partial charge in [-0.3, -0.25) is 9.59 Å². The molecule has 0 radical (unpaired) electrons. The second-order valence-electron chi connectivity index (χ2n) is 6.02. The smallest absolute Gasteiger partial charge is 0.258 e. The number of carbonyl (C=O) groups is 1. The number of Topliss-reactive ketones (excluding diaryl/α,β-unsaturated/α-hetero) is 1. The Morgan fingerprint density at radius 1 is 1.32 bits per heavy atom. The van der Waals surface area contributed by atoms with Crippen molar-refractivity contribution < 1.29 is 13.2 Å². The molecule has 28 heavy (non-hydrogen) atoms. The average Bonchev–Trinajstić information content (AvgIpc) is 2.62. The SMILES string of the molecule is Cc1ccc2nc([C@H](C#N)C(=O)c3nc(S(C)(=O)=O)ncc3Cl)[nH]c(=O)c2c1. The Balaban J connectivity index is 2.14. The Kier molecular flexibility index (Phi) is 4.97. The summed E-state index contributed by atoms with van der Waals surface area (Å²) in [6, 6.07) is 6.72. The van der Waals surface area contributed by atoms with E-state index >= 15 is 0 Å². The summed E-state index contributed by atoms with van der Waals surface area (Å²) in [5, 5.41) is 8.98. The van der Waals surface area contributed by atoms with Crippen molar-refractivity contribution in [2.75, 3.05) is 6.26 Å². The van der Waals surface area contributed by atoms with E-state index in [1.165, 1.54) is 0 Å². The first-order valence-corrected chi connectivity index (χ1v) is 10.1. The molecular formula is C17H12ClN5O4S. The van der Waals surface area contributed by atoms with Crippen LogP contribution in [0.1, 0.15) is 27.8 Å². The number of ketones is 1. The summed E-state index contributed by atoms with van der Waals surface area (Å²) in [5.74, 6) is -2.64. The molecule has 9 nitrogen and oxygen atoms in total. The van der Waals surface area contributed by atoms with Crippen LogP contribution in [0.3, 0.4) is 0 Å². The van der Waals surface area contributed by atoms with E-state index in [9.17, 15) is 23.3 Å². The highest BCUT2D eigenvalue weighted by atomic mass is 35.5. The lowest BCUT2D eigenvalue weighted by atomic mass is 10.0. The molecule has 2 heterocycles. The third-order valence-corrected chi connectivity index (χ3v) is 4.97. The fourth-order valence-corrected chi connectivity index (χ4v) is 3.18. The van der Waals surface area contributed by atoms with Crippen LogP contribution in [0.25, 0.3) is 10.9 Å². The minimum atomic E-state index is -3.80. The van der Waals surface area contributed by atoms with E-state index in [0.717, 1.165) is 18.0 Å². The maximum atomic E-state index is 12.8. The number of nitriles is 1. The number of hydrogen-bond donors (Lipinski definition) is 1. The van der Waals surface area contributed by atoms with E-state index in [4.69, 9.17) is 11.6 Å². The summed E-state index contributed by atoms with van der Waals surface area (Å²) < 4.78 is 23.3. The van der Waals surface area contributed by atoms with Crippen molar-refractivity contribution in [2.24, 2.45) is 0 Å². The summed E-state index contributed by atoms with van der Waals surface area (Å²) >= 11 is 5.93. The third kappa shape index (κ3) is 3.62. The first-order valence-electron chi connectivity index (χ1n) is 7.79. The zero-order valence-electron chi connectivity index (χ0n) is 14.6. The Morgan fingerprint density at radius 2 is 2.04 bits per heavy atom. The van der Waals surface area contributed by atoms with Gasteiger partial charge < -0.3 is 4.98 Å². The number of aromatic amines is 1. The largest absolute Gasteiger partial charge is 0.308 e. The van der Waals surface area contributed by atoms with Gasteiger partial charge >= 0.3 is 0 Å². The molecule has 1 aromatic carbocycles. The van der Waals surface area contributed by atoms with E-state index in [1.54, 1.807) is 24.3 Å². The molecular weight excluding hydrogens is 406 g/mol. The van der Waals surface area contributed by atoms with Gasteiger partial charge in [0, 0.05) is 6.26 Å². The zero-order chi connectivity index (χ0) is 20.6. The van der Waals surface area contributed by atoms with Crippen molar-refractivity contribution >= 4 is 38.1 Å². The van der Waals surface area contributed by atoms with Crippen LogP contribution in [0.5, 0.6) is 0 Å². The lowest BCUT2D eigenvalue weighted by molar-refractivity contribution is 0.0970. The van der Waals surface area contributed by atoms with Crippen LogP contribution < -0.4 is 5.56 Å². The van der Waals surface area contributed by atoms with Gasteiger partial charge in [-0.25, -0.2) is 23.4 Å². The number of aromatic nitrogens is 4. The minimum Gasteiger partial charge on any atom is -0.308 e. The number of halogens is 1. The number of rotatable bonds is 4. The van der Waals surface area contributed by atoms with Gasteiger partial charge in [-0.05, 0) is 19.1 Å². The molecule has 0 fully saturated rings. The molecule has 0 spiro atoms. The fourth-order valence-electron chi connectivity index (χ4n) is 2.49. The van der Waals surface area contributed by atoms with Crippen LogP contribution in [-0.2, 0) is 9.84 Å². The lowest BCUT2D eigenvalue weighted by Gasteiger charge is -2.10. The van der Waals surface area contributed by atoms with Gasteiger partial charge in [0.05, 0.1) is 28.2 Å². The van der Waals surface area contributed by atoms with E-state index in [0.29, 0.717) is 10.9 Å². The maximum Gasteiger partial charge on any atom is 0.258 e. The van der Waals surface area contributed by atoms with E-state index in [-0.39, 0.29) is 10.8 Å². The number of H-pyrrole nitrogens is 1. The summed E-state index contributed by atoms with van der Waals surface area (Å²) in [5.41, 5.74) is 0.196. The molecule has 3 rings (SSSR count). The number of nitrogens with zero attached hydrogens (tertiary/aromatic N) is 4. The predicted octanol–water partition coefficient (Wildman–Crippen LogP) is 1.57. The first kappa shape index (κ1) is 19.6. The predicted molar refractivity (Wildman–Crippen MR) is 99.9 cm³/mol. The molecule has 0 bridgehead atoms. The highest BCUT2D eigenvalue weighted by Gasteiger charge is 2.29. The molecule has 0 amide bonds. The van der Waals surface area contributed by atoms with Crippen molar-refractivity contribution in [1.29, 1.82) is 5.26 Å². The molecule has 1 N–H and O–H groups in total. The Morgan fingerprint density at radius 3 is 2.68 bits per heavy atom. The summed E-state index contributed by atoms with van der Waals surface area (Å²) in [4.78, 5) is 39.0.